The number of amides is 1. The minimum atomic E-state index is 0.0342. The summed E-state index contributed by atoms with van der Waals surface area (Å²) in [5.74, 6) is 0.570. The van der Waals surface area contributed by atoms with Gasteiger partial charge in [0.15, 0.2) is 5.82 Å². The lowest BCUT2D eigenvalue weighted by atomic mass is 10.1. The third kappa shape index (κ3) is 1.75. The van der Waals surface area contributed by atoms with Crippen LogP contribution in [0.2, 0.25) is 0 Å². The third-order valence-corrected chi connectivity index (χ3v) is 2.55. The predicted molar refractivity (Wildman–Crippen MR) is 56.0 cm³/mol. The van der Waals surface area contributed by atoms with Crippen LogP contribution in [0.25, 0.3) is 0 Å². The average Bonchev–Trinajstić information content (AvgIpc) is 2.60. The molecule has 6 nitrogen and oxygen atoms in total. The van der Waals surface area contributed by atoms with Crippen LogP contribution in [0, 0.1) is 5.92 Å². The Labute approximate surface area is 87.3 Å². The maximum absolute atomic E-state index is 11.7. The van der Waals surface area contributed by atoms with Crippen molar-refractivity contribution < 1.29 is 4.79 Å². The van der Waals surface area contributed by atoms with Crippen molar-refractivity contribution in [2.75, 3.05) is 23.7 Å². The molecule has 1 aromatic heterocycles. The van der Waals surface area contributed by atoms with Crippen molar-refractivity contribution in [3.63, 3.8) is 0 Å². The number of nitrogens with zero attached hydrogens (tertiary/aromatic N) is 3. The van der Waals surface area contributed by atoms with Crippen molar-refractivity contribution in [3.05, 3.63) is 12.5 Å². The number of carbonyl (C=O) groups is 1. The van der Waals surface area contributed by atoms with E-state index >= 15 is 0 Å². The second-order valence-electron chi connectivity index (χ2n) is 3.60. The molecule has 1 saturated heterocycles. The highest BCUT2D eigenvalue weighted by molar-refractivity contribution is 5.97. The molecule has 1 aliphatic rings. The quantitative estimate of drug-likeness (QED) is 0.672. The van der Waals surface area contributed by atoms with Gasteiger partial charge in [0.05, 0.1) is 6.20 Å². The Morgan fingerprint density at radius 3 is 3.00 bits per heavy atom. The zero-order chi connectivity index (χ0) is 10.8. The Hall–Kier alpha value is -1.69. The summed E-state index contributed by atoms with van der Waals surface area (Å²) in [5.41, 5.74) is 11.8. The predicted octanol–water partition coefficient (Wildman–Crippen LogP) is -0.630. The standard InChI is InChI=1S/C9H13N5O/c10-2-6-1-8(15)14(4-6)7-3-12-5-13-9(7)11/h3,5-6H,1-2,4,10H2,(H2,11,12,13). The Morgan fingerprint density at radius 2 is 2.40 bits per heavy atom. The number of anilines is 2. The molecule has 0 radical (unpaired) electrons. The molecule has 1 atom stereocenters. The number of aromatic nitrogens is 2. The molecular weight excluding hydrogens is 194 g/mol. The molecule has 0 aliphatic carbocycles. The van der Waals surface area contributed by atoms with Crippen LogP contribution in [0.5, 0.6) is 0 Å². The minimum Gasteiger partial charge on any atom is -0.382 e. The Morgan fingerprint density at radius 1 is 1.60 bits per heavy atom. The highest BCUT2D eigenvalue weighted by atomic mass is 16.2. The number of hydrogen-bond acceptors (Lipinski definition) is 5. The van der Waals surface area contributed by atoms with E-state index in [0.717, 1.165) is 0 Å². The Balaban J connectivity index is 2.25. The van der Waals surface area contributed by atoms with Crippen molar-refractivity contribution in [2.45, 2.75) is 6.42 Å². The summed E-state index contributed by atoms with van der Waals surface area (Å²) >= 11 is 0. The van der Waals surface area contributed by atoms with Gasteiger partial charge in [0, 0.05) is 13.0 Å². The Kier molecular flexibility index (Phi) is 2.51. The van der Waals surface area contributed by atoms with Gasteiger partial charge in [-0.1, -0.05) is 0 Å². The van der Waals surface area contributed by atoms with E-state index in [1.165, 1.54) is 6.33 Å². The van der Waals surface area contributed by atoms with Crippen LogP contribution in [-0.2, 0) is 4.79 Å². The average molecular weight is 207 g/mol. The molecule has 0 aromatic carbocycles. The zero-order valence-electron chi connectivity index (χ0n) is 8.26. The molecule has 6 heteroatoms. The fraction of sp³-hybridized carbons (Fsp3) is 0.444. The van der Waals surface area contributed by atoms with Crippen LogP contribution in [0.4, 0.5) is 11.5 Å². The molecule has 2 rings (SSSR count). The molecule has 0 bridgehead atoms. The fourth-order valence-corrected chi connectivity index (χ4v) is 1.71. The van der Waals surface area contributed by atoms with Gasteiger partial charge < -0.3 is 16.4 Å². The topological polar surface area (TPSA) is 98.1 Å². The fourth-order valence-electron chi connectivity index (χ4n) is 1.71. The molecule has 1 fully saturated rings. The van der Waals surface area contributed by atoms with Crippen LogP contribution in [0.1, 0.15) is 6.42 Å². The van der Waals surface area contributed by atoms with E-state index in [9.17, 15) is 4.79 Å². The summed E-state index contributed by atoms with van der Waals surface area (Å²) in [6.45, 7) is 1.11. The second-order valence-corrected chi connectivity index (χ2v) is 3.60. The maximum atomic E-state index is 11.7. The number of nitrogens with two attached hydrogens (primary N) is 2. The van der Waals surface area contributed by atoms with E-state index in [0.29, 0.717) is 31.0 Å². The monoisotopic (exact) mass is 207 g/mol. The summed E-state index contributed by atoms with van der Waals surface area (Å²) in [5, 5.41) is 0. The van der Waals surface area contributed by atoms with Gasteiger partial charge in [-0.15, -0.1) is 0 Å². The molecule has 80 valence electrons. The number of carbonyl (C=O) groups excluding carboxylic acids is 1. The Bertz CT molecular complexity index is 381. The highest BCUT2D eigenvalue weighted by Gasteiger charge is 2.30. The van der Waals surface area contributed by atoms with Crippen LogP contribution in [0.3, 0.4) is 0 Å². The van der Waals surface area contributed by atoms with Crippen molar-refractivity contribution in [3.8, 4) is 0 Å². The number of nitrogen functional groups attached to an aromatic ring is 1. The zero-order valence-corrected chi connectivity index (χ0v) is 8.26. The first-order chi connectivity index (χ1) is 7.22. The van der Waals surface area contributed by atoms with Crippen molar-refractivity contribution in [2.24, 2.45) is 11.7 Å². The summed E-state index contributed by atoms with van der Waals surface area (Å²) in [4.78, 5) is 21.0. The lowest BCUT2D eigenvalue weighted by Crippen LogP contribution is -2.27. The molecule has 1 unspecified atom stereocenters. The SMILES string of the molecule is NCC1CC(=O)N(c2cncnc2N)C1. The largest absolute Gasteiger partial charge is 0.382 e. The summed E-state index contributed by atoms with van der Waals surface area (Å²) < 4.78 is 0. The van der Waals surface area contributed by atoms with Crippen molar-refractivity contribution in [1.82, 2.24) is 9.97 Å². The third-order valence-electron chi connectivity index (χ3n) is 2.55. The van der Waals surface area contributed by atoms with Crippen LogP contribution >= 0.6 is 0 Å². The summed E-state index contributed by atoms with van der Waals surface area (Å²) in [6, 6.07) is 0. The minimum absolute atomic E-state index is 0.0342. The van der Waals surface area contributed by atoms with E-state index in [1.54, 1.807) is 11.1 Å². The van der Waals surface area contributed by atoms with E-state index in [2.05, 4.69) is 9.97 Å². The van der Waals surface area contributed by atoms with Gasteiger partial charge in [-0.2, -0.15) is 0 Å². The maximum Gasteiger partial charge on any atom is 0.227 e. The first-order valence-electron chi connectivity index (χ1n) is 4.78. The lowest BCUT2D eigenvalue weighted by molar-refractivity contribution is -0.117. The number of hydrogen-bond donors (Lipinski definition) is 2. The summed E-state index contributed by atoms with van der Waals surface area (Å²) in [6.07, 6.45) is 3.39. The van der Waals surface area contributed by atoms with Crippen LogP contribution < -0.4 is 16.4 Å². The lowest BCUT2D eigenvalue weighted by Gasteiger charge is -2.16. The summed E-state index contributed by atoms with van der Waals surface area (Å²) in [7, 11) is 0. The first kappa shape index (κ1) is 9.85. The van der Waals surface area contributed by atoms with Crippen molar-refractivity contribution in [1.29, 1.82) is 0 Å². The van der Waals surface area contributed by atoms with Gasteiger partial charge in [0.2, 0.25) is 5.91 Å². The smallest absolute Gasteiger partial charge is 0.227 e. The van der Waals surface area contributed by atoms with Gasteiger partial charge in [-0.3, -0.25) is 4.79 Å². The van der Waals surface area contributed by atoms with E-state index in [1.807, 2.05) is 0 Å². The first-order valence-corrected chi connectivity index (χ1v) is 4.78. The molecule has 0 spiro atoms. The van der Waals surface area contributed by atoms with Gasteiger partial charge in [0.1, 0.15) is 12.0 Å². The molecule has 0 saturated carbocycles. The van der Waals surface area contributed by atoms with Gasteiger partial charge in [0.25, 0.3) is 0 Å². The normalized spacial score (nSPS) is 21.0. The molecule has 1 aromatic rings. The van der Waals surface area contributed by atoms with Crippen LogP contribution in [-0.4, -0.2) is 29.0 Å². The second kappa shape index (κ2) is 3.82. The molecular formula is C9H13N5O. The number of rotatable bonds is 2. The van der Waals surface area contributed by atoms with Crippen LogP contribution in [0.15, 0.2) is 12.5 Å². The van der Waals surface area contributed by atoms with E-state index < -0.39 is 0 Å². The molecule has 15 heavy (non-hydrogen) atoms. The van der Waals surface area contributed by atoms with Gasteiger partial charge in [-0.05, 0) is 12.5 Å². The van der Waals surface area contributed by atoms with E-state index in [4.69, 9.17) is 11.5 Å². The van der Waals surface area contributed by atoms with Crippen molar-refractivity contribution >= 4 is 17.4 Å². The van der Waals surface area contributed by atoms with E-state index in [-0.39, 0.29) is 11.8 Å². The van der Waals surface area contributed by atoms with Gasteiger partial charge in [-0.25, -0.2) is 9.97 Å². The molecule has 1 amide bonds. The molecule has 4 N–H and O–H groups in total. The molecule has 2 heterocycles. The molecule has 1 aliphatic heterocycles. The van der Waals surface area contributed by atoms with Gasteiger partial charge >= 0.3 is 0 Å². The highest BCUT2D eigenvalue weighted by Crippen LogP contribution is 2.26.